The largest absolute Gasteiger partial charge is 0.481 e. The topological polar surface area (TPSA) is 55.8 Å². The van der Waals surface area contributed by atoms with Crippen molar-refractivity contribution in [3.63, 3.8) is 0 Å². The van der Waals surface area contributed by atoms with E-state index in [0.29, 0.717) is 31.0 Å². The maximum absolute atomic E-state index is 11.6. The quantitative estimate of drug-likeness (QED) is 0.754. The number of carbonyl (C=O) groups is 1. The molecular weight excluding hydrogens is 220 g/mol. The molecule has 17 heavy (non-hydrogen) atoms. The number of hydrogen-bond donors (Lipinski definition) is 1. The van der Waals surface area contributed by atoms with Gasteiger partial charge in [-0.1, -0.05) is 0 Å². The van der Waals surface area contributed by atoms with E-state index in [1.165, 1.54) is 0 Å². The summed E-state index contributed by atoms with van der Waals surface area (Å²) in [6, 6.07) is 0. The summed E-state index contributed by atoms with van der Waals surface area (Å²) in [6.45, 7) is 1.36. The van der Waals surface area contributed by atoms with Crippen molar-refractivity contribution in [3.05, 3.63) is 0 Å². The molecule has 0 aromatic heterocycles. The molecule has 2 unspecified atom stereocenters. The van der Waals surface area contributed by atoms with Gasteiger partial charge in [-0.3, -0.25) is 4.79 Å². The molecule has 1 aliphatic heterocycles. The number of rotatable bonds is 1. The van der Waals surface area contributed by atoms with Crippen LogP contribution >= 0.6 is 0 Å². The lowest BCUT2D eigenvalue weighted by Gasteiger charge is -2.61. The van der Waals surface area contributed by atoms with Gasteiger partial charge < -0.3 is 14.6 Å². The molecule has 5 rings (SSSR count). The Bertz CT molecular complexity index is 354. The van der Waals surface area contributed by atoms with Crippen molar-refractivity contribution in [2.75, 3.05) is 13.2 Å². The Kier molecular flexibility index (Phi) is 1.84. The van der Waals surface area contributed by atoms with Gasteiger partial charge in [-0.05, 0) is 38.0 Å². The molecule has 4 saturated carbocycles. The molecule has 1 heterocycles. The highest BCUT2D eigenvalue weighted by Gasteiger charge is 2.67. The smallest absolute Gasteiger partial charge is 0.309 e. The fourth-order valence-corrected chi connectivity index (χ4v) is 5.10. The summed E-state index contributed by atoms with van der Waals surface area (Å²) in [6.07, 6.45) is 4.60. The van der Waals surface area contributed by atoms with Gasteiger partial charge in [0, 0.05) is 11.8 Å². The zero-order valence-electron chi connectivity index (χ0n) is 9.85. The molecular formula is C13H18O4. The minimum atomic E-state index is -0.593. The number of aliphatic carboxylic acids is 1. The van der Waals surface area contributed by atoms with Gasteiger partial charge in [-0.15, -0.1) is 0 Å². The van der Waals surface area contributed by atoms with Crippen LogP contribution < -0.4 is 0 Å². The van der Waals surface area contributed by atoms with E-state index >= 15 is 0 Å². The molecule has 94 valence electrons. The van der Waals surface area contributed by atoms with Crippen molar-refractivity contribution in [1.29, 1.82) is 0 Å². The van der Waals surface area contributed by atoms with Gasteiger partial charge in [0.1, 0.15) is 0 Å². The summed E-state index contributed by atoms with van der Waals surface area (Å²) in [5.41, 5.74) is -0.461. The second kappa shape index (κ2) is 3.04. The standard InChI is InChI=1S/C13H18O4/c14-11(15)12-5-8-3-9(6-12)13(10(4-8)7-12)16-1-2-17-13/h8-10H,1-7H2,(H,14,15)/t8?,9-,10+,12?. The van der Waals surface area contributed by atoms with Crippen molar-refractivity contribution in [2.45, 2.75) is 37.9 Å². The van der Waals surface area contributed by atoms with Gasteiger partial charge in [0.05, 0.1) is 18.6 Å². The third-order valence-electron chi connectivity index (χ3n) is 5.52. The Morgan fingerprint density at radius 3 is 2.18 bits per heavy atom. The third-order valence-corrected chi connectivity index (χ3v) is 5.52. The predicted octanol–water partition coefficient (Wildman–Crippen LogP) is 1.64. The summed E-state index contributed by atoms with van der Waals surface area (Å²) in [5, 5.41) is 9.53. The highest BCUT2D eigenvalue weighted by Crippen LogP contribution is 2.65. The second-order valence-corrected chi connectivity index (χ2v) is 6.35. The Hall–Kier alpha value is -0.610. The summed E-state index contributed by atoms with van der Waals surface area (Å²) < 4.78 is 11.9. The van der Waals surface area contributed by atoms with Crippen LogP contribution in [0.2, 0.25) is 0 Å². The van der Waals surface area contributed by atoms with E-state index in [0.717, 1.165) is 32.1 Å². The van der Waals surface area contributed by atoms with Crippen LogP contribution in [0.4, 0.5) is 0 Å². The number of ether oxygens (including phenoxy) is 2. The van der Waals surface area contributed by atoms with Crippen LogP contribution in [-0.2, 0) is 14.3 Å². The van der Waals surface area contributed by atoms with E-state index in [1.807, 2.05) is 0 Å². The van der Waals surface area contributed by atoms with E-state index in [9.17, 15) is 9.90 Å². The molecule has 4 bridgehead atoms. The molecule has 1 spiro atoms. The first kappa shape index (κ1) is 10.3. The van der Waals surface area contributed by atoms with Crippen LogP contribution in [0.15, 0.2) is 0 Å². The van der Waals surface area contributed by atoms with Gasteiger partial charge in [-0.25, -0.2) is 0 Å². The Labute approximate surface area is 100 Å². The Morgan fingerprint density at radius 1 is 1.06 bits per heavy atom. The first-order chi connectivity index (χ1) is 8.15. The molecule has 4 atom stereocenters. The lowest BCUT2D eigenvalue weighted by Crippen LogP contribution is -2.63. The normalized spacial score (nSPS) is 50.0. The van der Waals surface area contributed by atoms with E-state index in [2.05, 4.69) is 0 Å². The van der Waals surface area contributed by atoms with Crippen molar-refractivity contribution in [2.24, 2.45) is 23.2 Å². The second-order valence-electron chi connectivity index (χ2n) is 6.35. The van der Waals surface area contributed by atoms with E-state index in [1.54, 1.807) is 0 Å². The van der Waals surface area contributed by atoms with E-state index in [4.69, 9.17) is 9.47 Å². The summed E-state index contributed by atoms with van der Waals surface area (Å²) in [5.74, 6) is 0.210. The number of carboxylic acids is 1. The van der Waals surface area contributed by atoms with Crippen LogP contribution in [-0.4, -0.2) is 30.1 Å². The van der Waals surface area contributed by atoms with Crippen LogP contribution in [0, 0.1) is 23.2 Å². The average molecular weight is 238 g/mol. The van der Waals surface area contributed by atoms with Gasteiger partial charge in [0.15, 0.2) is 5.79 Å². The molecule has 4 aliphatic carbocycles. The fourth-order valence-electron chi connectivity index (χ4n) is 5.10. The van der Waals surface area contributed by atoms with Gasteiger partial charge >= 0.3 is 5.97 Å². The maximum atomic E-state index is 11.6. The molecule has 1 saturated heterocycles. The highest BCUT2D eigenvalue weighted by molar-refractivity contribution is 5.75. The van der Waals surface area contributed by atoms with E-state index < -0.39 is 17.2 Å². The van der Waals surface area contributed by atoms with Crippen molar-refractivity contribution in [3.8, 4) is 0 Å². The summed E-state index contributed by atoms with van der Waals surface area (Å²) >= 11 is 0. The zero-order chi connectivity index (χ0) is 11.7. The van der Waals surface area contributed by atoms with Crippen molar-refractivity contribution in [1.82, 2.24) is 0 Å². The molecule has 4 heteroatoms. The van der Waals surface area contributed by atoms with Crippen LogP contribution in [0.5, 0.6) is 0 Å². The maximum Gasteiger partial charge on any atom is 0.309 e. The highest BCUT2D eigenvalue weighted by atomic mass is 16.7. The van der Waals surface area contributed by atoms with Gasteiger partial charge in [0.2, 0.25) is 0 Å². The van der Waals surface area contributed by atoms with Crippen molar-refractivity contribution < 1.29 is 19.4 Å². The zero-order valence-corrected chi connectivity index (χ0v) is 9.85. The van der Waals surface area contributed by atoms with Gasteiger partial charge in [0.25, 0.3) is 0 Å². The van der Waals surface area contributed by atoms with Crippen LogP contribution in [0.25, 0.3) is 0 Å². The third kappa shape index (κ3) is 1.13. The minimum Gasteiger partial charge on any atom is -0.481 e. The Morgan fingerprint density at radius 2 is 1.65 bits per heavy atom. The number of hydrogen-bond acceptors (Lipinski definition) is 3. The van der Waals surface area contributed by atoms with Crippen LogP contribution in [0.1, 0.15) is 32.1 Å². The van der Waals surface area contributed by atoms with E-state index in [-0.39, 0.29) is 0 Å². The fraction of sp³-hybridized carbons (Fsp3) is 0.923. The first-order valence-electron chi connectivity index (χ1n) is 6.66. The van der Waals surface area contributed by atoms with Crippen molar-refractivity contribution >= 4 is 5.97 Å². The minimum absolute atomic E-state index is 0.312. The first-order valence-corrected chi connectivity index (χ1v) is 6.66. The average Bonchev–Trinajstić information content (AvgIpc) is 2.75. The molecule has 0 aromatic carbocycles. The lowest BCUT2D eigenvalue weighted by atomic mass is 9.47. The molecule has 0 radical (unpaired) electrons. The lowest BCUT2D eigenvalue weighted by molar-refractivity contribution is -0.300. The molecule has 5 aliphatic rings. The number of carboxylic acid groups (broad SMARTS) is 1. The molecule has 5 fully saturated rings. The molecule has 4 nitrogen and oxygen atoms in total. The Balaban J connectivity index is 1.74. The monoisotopic (exact) mass is 238 g/mol. The molecule has 0 amide bonds. The molecule has 1 N–H and O–H groups in total. The SMILES string of the molecule is O=C(O)C12CC3C[C@H](C1)C1(OCCO1)[C@@H](C3)C2. The van der Waals surface area contributed by atoms with Gasteiger partial charge in [-0.2, -0.15) is 0 Å². The summed E-state index contributed by atoms with van der Waals surface area (Å²) in [4.78, 5) is 11.6. The predicted molar refractivity (Wildman–Crippen MR) is 58.3 cm³/mol. The summed E-state index contributed by atoms with van der Waals surface area (Å²) in [7, 11) is 0. The van der Waals surface area contributed by atoms with Crippen LogP contribution in [0.3, 0.4) is 0 Å². The molecule has 0 aromatic rings.